The van der Waals surface area contributed by atoms with Gasteiger partial charge in [0, 0.05) is 18.7 Å². The quantitative estimate of drug-likeness (QED) is 0.744. The number of halogens is 1. The second kappa shape index (κ2) is 10.4. The minimum Gasteiger partial charge on any atom is -0.497 e. The van der Waals surface area contributed by atoms with Crippen molar-refractivity contribution in [2.75, 3.05) is 33.9 Å². The Kier molecular flexibility index (Phi) is 8.89. The van der Waals surface area contributed by atoms with Gasteiger partial charge in [-0.3, -0.25) is 4.79 Å². The molecule has 1 aliphatic rings. The summed E-state index contributed by atoms with van der Waals surface area (Å²) in [5.41, 5.74) is 0.888. The van der Waals surface area contributed by atoms with Gasteiger partial charge < -0.3 is 24.8 Å². The molecule has 0 aromatic heterocycles. The zero-order chi connectivity index (χ0) is 16.7. The van der Waals surface area contributed by atoms with Gasteiger partial charge in [-0.1, -0.05) is 0 Å². The van der Waals surface area contributed by atoms with E-state index in [-0.39, 0.29) is 37.0 Å². The molecule has 1 fully saturated rings. The van der Waals surface area contributed by atoms with Crippen molar-refractivity contribution in [2.45, 2.75) is 31.9 Å². The summed E-state index contributed by atoms with van der Waals surface area (Å²) in [5.74, 6) is 1.41. The van der Waals surface area contributed by atoms with E-state index in [1.54, 1.807) is 14.2 Å². The van der Waals surface area contributed by atoms with Crippen molar-refractivity contribution in [2.24, 2.45) is 0 Å². The monoisotopic (exact) mass is 358 g/mol. The van der Waals surface area contributed by atoms with Gasteiger partial charge in [-0.25, -0.2) is 0 Å². The minimum absolute atomic E-state index is 0. The van der Waals surface area contributed by atoms with E-state index < -0.39 is 0 Å². The standard InChI is InChI=1S/C17H26N2O4.ClH/c1-12(15-9-13(21-2)6-7-16(15)22-3)19-17(20)11-18-10-14-5-4-8-23-14;/h6-7,9,12,14,18H,4-5,8,10-11H2,1-3H3,(H,19,20);1H. The van der Waals surface area contributed by atoms with Gasteiger partial charge in [-0.2, -0.15) is 0 Å². The Hall–Kier alpha value is -1.50. The lowest BCUT2D eigenvalue weighted by Gasteiger charge is -2.18. The maximum absolute atomic E-state index is 12.1. The summed E-state index contributed by atoms with van der Waals surface area (Å²) in [6.45, 7) is 3.74. The summed E-state index contributed by atoms with van der Waals surface area (Å²) in [6.07, 6.45) is 2.40. The van der Waals surface area contributed by atoms with Gasteiger partial charge >= 0.3 is 0 Å². The summed E-state index contributed by atoms with van der Waals surface area (Å²) >= 11 is 0. The van der Waals surface area contributed by atoms with Crippen LogP contribution in [0.2, 0.25) is 0 Å². The molecule has 1 heterocycles. The molecule has 1 saturated heterocycles. The highest BCUT2D eigenvalue weighted by Gasteiger charge is 2.17. The number of methoxy groups -OCH3 is 2. The number of carbonyl (C=O) groups is 1. The summed E-state index contributed by atoms with van der Waals surface area (Å²) in [4.78, 5) is 12.1. The third kappa shape index (κ3) is 5.85. The summed E-state index contributed by atoms with van der Waals surface area (Å²) in [7, 11) is 3.23. The van der Waals surface area contributed by atoms with Crippen molar-refractivity contribution in [1.29, 1.82) is 0 Å². The van der Waals surface area contributed by atoms with Crippen LogP contribution in [0.4, 0.5) is 0 Å². The van der Waals surface area contributed by atoms with Crippen LogP contribution in [-0.2, 0) is 9.53 Å². The molecular formula is C17H27ClN2O4. The number of hydrogen-bond acceptors (Lipinski definition) is 5. The first kappa shape index (κ1) is 20.5. The SMILES string of the molecule is COc1ccc(OC)c(C(C)NC(=O)CNCC2CCCO2)c1.Cl. The van der Waals surface area contributed by atoms with E-state index in [4.69, 9.17) is 14.2 Å². The molecule has 1 aromatic carbocycles. The van der Waals surface area contributed by atoms with E-state index in [9.17, 15) is 4.79 Å². The molecule has 1 amide bonds. The van der Waals surface area contributed by atoms with Gasteiger partial charge in [0.2, 0.25) is 5.91 Å². The van der Waals surface area contributed by atoms with Crippen molar-refractivity contribution < 1.29 is 19.0 Å². The van der Waals surface area contributed by atoms with Gasteiger partial charge in [-0.05, 0) is 38.0 Å². The van der Waals surface area contributed by atoms with E-state index in [2.05, 4.69) is 10.6 Å². The zero-order valence-corrected chi connectivity index (χ0v) is 15.3. The van der Waals surface area contributed by atoms with Crippen LogP contribution in [0, 0.1) is 0 Å². The number of benzene rings is 1. The zero-order valence-electron chi connectivity index (χ0n) is 14.5. The predicted octanol–water partition coefficient (Wildman–Crippen LogP) is 2.07. The fourth-order valence-electron chi connectivity index (χ4n) is 2.70. The topological polar surface area (TPSA) is 68.8 Å². The number of ether oxygens (including phenoxy) is 3. The third-order valence-electron chi connectivity index (χ3n) is 3.96. The first-order valence-corrected chi connectivity index (χ1v) is 7.97. The largest absolute Gasteiger partial charge is 0.497 e. The Balaban J connectivity index is 0.00000288. The van der Waals surface area contributed by atoms with Gasteiger partial charge in [0.15, 0.2) is 0 Å². The van der Waals surface area contributed by atoms with Gasteiger partial charge in [0.05, 0.1) is 32.9 Å². The van der Waals surface area contributed by atoms with Crippen LogP contribution in [0.5, 0.6) is 11.5 Å². The van der Waals surface area contributed by atoms with Crippen molar-refractivity contribution >= 4 is 18.3 Å². The number of rotatable bonds is 8. The van der Waals surface area contributed by atoms with E-state index in [0.29, 0.717) is 6.54 Å². The summed E-state index contributed by atoms with van der Waals surface area (Å²) in [5, 5.41) is 6.11. The lowest BCUT2D eigenvalue weighted by molar-refractivity contribution is -0.120. The van der Waals surface area contributed by atoms with Crippen molar-refractivity contribution in [3.63, 3.8) is 0 Å². The molecule has 1 aromatic rings. The molecule has 0 aliphatic carbocycles. The van der Waals surface area contributed by atoms with E-state index in [1.165, 1.54) is 0 Å². The smallest absolute Gasteiger partial charge is 0.234 e. The molecule has 0 spiro atoms. The van der Waals surface area contributed by atoms with Crippen molar-refractivity contribution in [1.82, 2.24) is 10.6 Å². The Labute approximate surface area is 149 Å². The Morgan fingerprint density at radius 1 is 1.38 bits per heavy atom. The van der Waals surface area contributed by atoms with Gasteiger partial charge in [0.25, 0.3) is 0 Å². The summed E-state index contributed by atoms with van der Waals surface area (Å²) < 4.78 is 16.1. The molecule has 6 nitrogen and oxygen atoms in total. The molecule has 2 unspecified atom stereocenters. The molecule has 2 N–H and O–H groups in total. The van der Waals surface area contributed by atoms with Crippen LogP contribution >= 0.6 is 12.4 Å². The van der Waals surface area contributed by atoms with Crippen LogP contribution in [-0.4, -0.2) is 45.9 Å². The molecule has 7 heteroatoms. The van der Waals surface area contributed by atoms with E-state index in [0.717, 1.165) is 36.5 Å². The van der Waals surface area contributed by atoms with E-state index >= 15 is 0 Å². The Morgan fingerprint density at radius 2 is 2.17 bits per heavy atom. The van der Waals surface area contributed by atoms with Gasteiger partial charge in [-0.15, -0.1) is 12.4 Å². The fraction of sp³-hybridized carbons (Fsp3) is 0.588. The molecule has 0 radical (unpaired) electrons. The number of amides is 1. The van der Waals surface area contributed by atoms with Crippen LogP contribution in [0.25, 0.3) is 0 Å². The average Bonchev–Trinajstić information content (AvgIpc) is 3.07. The van der Waals surface area contributed by atoms with E-state index in [1.807, 2.05) is 25.1 Å². The second-order valence-electron chi connectivity index (χ2n) is 5.66. The molecular weight excluding hydrogens is 332 g/mol. The Morgan fingerprint density at radius 3 is 2.79 bits per heavy atom. The highest BCUT2D eigenvalue weighted by molar-refractivity contribution is 5.85. The van der Waals surface area contributed by atoms with Gasteiger partial charge in [0.1, 0.15) is 11.5 Å². The lowest BCUT2D eigenvalue weighted by atomic mass is 10.1. The predicted molar refractivity (Wildman–Crippen MR) is 95.2 cm³/mol. The fourth-order valence-corrected chi connectivity index (χ4v) is 2.70. The molecule has 136 valence electrons. The molecule has 2 atom stereocenters. The van der Waals surface area contributed by atoms with Crippen LogP contribution in [0.15, 0.2) is 18.2 Å². The Bertz CT molecular complexity index is 521. The maximum atomic E-state index is 12.1. The second-order valence-corrected chi connectivity index (χ2v) is 5.66. The molecule has 0 saturated carbocycles. The van der Waals surface area contributed by atoms with Crippen LogP contribution in [0.1, 0.15) is 31.4 Å². The van der Waals surface area contributed by atoms with Crippen LogP contribution < -0.4 is 20.1 Å². The highest BCUT2D eigenvalue weighted by Crippen LogP contribution is 2.29. The first-order valence-electron chi connectivity index (χ1n) is 7.97. The van der Waals surface area contributed by atoms with Crippen molar-refractivity contribution in [3.8, 4) is 11.5 Å². The minimum atomic E-state index is -0.169. The molecule has 2 rings (SSSR count). The lowest BCUT2D eigenvalue weighted by Crippen LogP contribution is -2.38. The normalized spacial score (nSPS) is 17.7. The number of hydrogen-bond donors (Lipinski definition) is 2. The first-order chi connectivity index (χ1) is 11.1. The maximum Gasteiger partial charge on any atom is 0.234 e. The summed E-state index contributed by atoms with van der Waals surface area (Å²) in [6, 6.07) is 5.38. The molecule has 1 aliphatic heterocycles. The van der Waals surface area contributed by atoms with Crippen LogP contribution in [0.3, 0.4) is 0 Å². The average molecular weight is 359 g/mol. The third-order valence-corrected chi connectivity index (χ3v) is 3.96. The molecule has 24 heavy (non-hydrogen) atoms. The highest BCUT2D eigenvalue weighted by atomic mass is 35.5. The number of nitrogens with one attached hydrogen (secondary N) is 2. The van der Waals surface area contributed by atoms with Crippen molar-refractivity contribution in [3.05, 3.63) is 23.8 Å². The number of carbonyl (C=O) groups excluding carboxylic acids is 1. The molecule has 0 bridgehead atoms.